The van der Waals surface area contributed by atoms with Crippen molar-refractivity contribution < 1.29 is 0 Å². The van der Waals surface area contributed by atoms with Crippen LogP contribution in [0.25, 0.3) is 55.4 Å². The van der Waals surface area contributed by atoms with Crippen LogP contribution in [0, 0.1) is 0 Å². The fourth-order valence-electron chi connectivity index (χ4n) is 6.21. The first-order valence-electron chi connectivity index (χ1n) is 17.6. The summed E-state index contributed by atoms with van der Waals surface area (Å²) in [5, 5.41) is 8.98. The van der Waals surface area contributed by atoms with Gasteiger partial charge in [0.05, 0.1) is 51.8 Å². The molecule has 0 unspecified atom stereocenters. The molecule has 55 heavy (non-hydrogen) atoms. The molecule has 9 rings (SSSR count). The Bertz CT molecular complexity index is 2650. The molecule has 4 aromatic carbocycles. The lowest BCUT2D eigenvalue weighted by atomic mass is 10.0. The van der Waals surface area contributed by atoms with Gasteiger partial charge in [-0.3, -0.25) is 9.97 Å². The van der Waals surface area contributed by atoms with Crippen LogP contribution in [0.4, 0.5) is 11.6 Å². The summed E-state index contributed by atoms with van der Waals surface area (Å²) in [4.78, 5) is 35.4. The maximum Gasteiger partial charge on any atom is 0.224 e. The van der Waals surface area contributed by atoms with Gasteiger partial charge in [0.15, 0.2) is 5.82 Å². The van der Waals surface area contributed by atoms with Crippen LogP contribution in [0.5, 0.6) is 0 Å². The summed E-state index contributed by atoms with van der Waals surface area (Å²) in [5.74, 6) is 2.04. The molecule has 2 N–H and O–H groups in total. The summed E-state index contributed by atoms with van der Waals surface area (Å²) in [6, 6.07) is 44.3. The zero-order chi connectivity index (χ0) is 37.2. The second-order valence-corrected chi connectivity index (χ2v) is 12.7. The molecule has 5 aromatic heterocycles. The van der Waals surface area contributed by atoms with Gasteiger partial charge in [-0.1, -0.05) is 97.1 Å². The van der Waals surface area contributed by atoms with E-state index < -0.39 is 0 Å². The molecule has 11 heteroatoms. The number of nitrogens with zero attached hydrogens (tertiary/aromatic N) is 8. The van der Waals surface area contributed by atoms with Crippen LogP contribution in [-0.2, 0) is 13.1 Å². The molecule has 10 nitrogen and oxygen atoms in total. The van der Waals surface area contributed by atoms with Gasteiger partial charge in [-0.15, -0.1) is 0 Å². The van der Waals surface area contributed by atoms with E-state index in [2.05, 4.69) is 76.9 Å². The summed E-state index contributed by atoms with van der Waals surface area (Å²) in [6.45, 7) is 1.12. The van der Waals surface area contributed by atoms with E-state index >= 15 is 0 Å². The van der Waals surface area contributed by atoms with Gasteiger partial charge in [-0.2, -0.15) is 0 Å². The Morgan fingerprint density at radius 3 is 1.49 bits per heavy atom. The first-order valence-corrected chi connectivity index (χ1v) is 18.0. The smallest absolute Gasteiger partial charge is 0.224 e. The minimum absolute atomic E-state index is 0.223. The van der Waals surface area contributed by atoms with E-state index in [-0.39, 0.29) is 5.28 Å². The lowest BCUT2D eigenvalue weighted by Gasteiger charge is -2.14. The van der Waals surface area contributed by atoms with Crippen molar-refractivity contribution in [2.45, 2.75) is 13.1 Å². The molecule has 0 spiro atoms. The molecular formula is C44H33ClN10. The quantitative estimate of drug-likeness (QED) is 0.138. The average molecular weight is 737 g/mol. The number of nitrogens with one attached hydrogen (secondary N) is 2. The number of hydrogen-bond acceptors (Lipinski definition) is 10. The minimum atomic E-state index is 0.223. The van der Waals surface area contributed by atoms with E-state index in [1.54, 1.807) is 24.8 Å². The first kappa shape index (κ1) is 34.9. The second-order valence-electron chi connectivity index (χ2n) is 12.3. The monoisotopic (exact) mass is 736 g/mol. The minimum Gasteiger partial charge on any atom is -0.364 e. The average Bonchev–Trinajstić information content (AvgIpc) is 3.26. The number of pyridine rings is 2. The maximum atomic E-state index is 6.13. The van der Waals surface area contributed by atoms with Crippen LogP contribution in [0.2, 0.25) is 5.28 Å². The molecule has 0 atom stereocenters. The van der Waals surface area contributed by atoms with Gasteiger partial charge in [0.1, 0.15) is 18.0 Å². The highest BCUT2D eigenvalue weighted by molar-refractivity contribution is 6.29. The van der Waals surface area contributed by atoms with Crippen molar-refractivity contribution in [3.05, 3.63) is 181 Å². The number of fused-ring (bicyclic) bond motifs is 2. The Hall–Kier alpha value is -7.17. The van der Waals surface area contributed by atoms with Gasteiger partial charge in [0.2, 0.25) is 5.28 Å². The zero-order valence-electron chi connectivity index (χ0n) is 29.5. The second kappa shape index (κ2) is 16.7. The van der Waals surface area contributed by atoms with Crippen molar-refractivity contribution in [1.82, 2.24) is 39.9 Å². The Balaban J connectivity index is 0.000000158. The third-order valence-corrected chi connectivity index (χ3v) is 8.90. The van der Waals surface area contributed by atoms with Crippen LogP contribution >= 0.6 is 11.6 Å². The third-order valence-electron chi connectivity index (χ3n) is 8.73. The van der Waals surface area contributed by atoms with Crippen LogP contribution in [-0.4, -0.2) is 39.9 Å². The van der Waals surface area contributed by atoms with E-state index in [1.165, 1.54) is 6.33 Å². The highest BCUT2D eigenvalue weighted by Crippen LogP contribution is 2.35. The number of anilines is 2. The van der Waals surface area contributed by atoms with E-state index in [1.807, 2.05) is 97.1 Å². The molecule has 0 radical (unpaired) electrons. The van der Waals surface area contributed by atoms with E-state index in [0.717, 1.165) is 66.8 Å². The highest BCUT2D eigenvalue weighted by Gasteiger charge is 2.15. The van der Waals surface area contributed by atoms with Gasteiger partial charge >= 0.3 is 0 Å². The molecule has 0 amide bonds. The van der Waals surface area contributed by atoms with Crippen LogP contribution in [0.1, 0.15) is 11.4 Å². The van der Waals surface area contributed by atoms with Crippen LogP contribution in [0.3, 0.4) is 0 Å². The Morgan fingerprint density at radius 2 is 0.964 bits per heavy atom. The van der Waals surface area contributed by atoms with Gasteiger partial charge in [0.25, 0.3) is 0 Å². The van der Waals surface area contributed by atoms with Crippen molar-refractivity contribution >= 4 is 45.0 Å². The lowest BCUT2D eigenvalue weighted by molar-refractivity contribution is 1.03. The third kappa shape index (κ3) is 8.25. The van der Waals surface area contributed by atoms with Crippen molar-refractivity contribution in [1.29, 1.82) is 0 Å². The number of rotatable bonds is 9. The SMILES string of the molecule is Clc1nc(NCc2ccccn2)c2c(-c3ccccc3)cccc2n1.c1ccc(-c2cccc3nc(-c4cncnc4)nc(NCc4ccccn4)c23)cc1. The number of aromatic nitrogens is 8. The fourth-order valence-corrected chi connectivity index (χ4v) is 6.38. The van der Waals surface area contributed by atoms with E-state index in [4.69, 9.17) is 21.6 Å². The summed E-state index contributed by atoms with van der Waals surface area (Å²) >= 11 is 6.13. The van der Waals surface area contributed by atoms with Crippen LogP contribution < -0.4 is 10.6 Å². The lowest BCUT2D eigenvalue weighted by Crippen LogP contribution is -2.06. The Morgan fingerprint density at radius 1 is 0.455 bits per heavy atom. The maximum absolute atomic E-state index is 6.13. The van der Waals surface area contributed by atoms with Crippen LogP contribution in [0.15, 0.2) is 165 Å². The zero-order valence-corrected chi connectivity index (χ0v) is 30.2. The molecule has 0 aliphatic rings. The fraction of sp³-hybridized carbons (Fsp3) is 0.0455. The largest absolute Gasteiger partial charge is 0.364 e. The molecular weight excluding hydrogens is 704 g/mol. The van der Waals surface area contributed by atoms with Gasteiger partial charge in [-0.25, -0.2) is 29.9 Å². The van der Waals surface area contributed by atoms with Gasteiger partial charge < -0.3 is 10.6 Å². The Kier molecular flexibility index (Phi) is 10.6. The predicted molar refractivity (Wildman–Crippen MR) is 219 cm³/mol. The van der Waals surface area contributed by atoms with E-state index in [0.29, 0.717) is 24.7 Å². The van der Waals surface area contributed by atoms with Crippen molar-refractivity contribution in [3.8, 4) is 33.6 Å². The highest BCUT2D eigenvalue weighted by atomic mass is 35.5. The summed E-state index contributed by atoms with van der Waals surface area (Å²) in [5.41, 5.74) is 8.67. The standard InChI is InChI=1S/C24H18N6.C20H15ClN4/c1-2-7-17(8-3-1)20-10-6-11-21-22(20)24(28-15-19-9-4-5-12-27-19)30-23(29-21)18-13-25-16-26-14-18;21-20-24-17-11-6-10-16(14-7-2-1-3-8-14)18(17)19(25-20)23-13-15-9-4-5-12-22-15/h1-14,16H,15H2,(H,28,29,30);1-12H,13H2,(H,23,24,25). The summed E-state index contributed by atoms with van der Waals surface area (Å²) < 4.78 is 0. The number of halogens is 1. The Labute approximate surface area is 322 Å². The topological polar surface area (TPSA) is 127 Å². The molecule has 0 fully saturated rings. The molecule has 0 saturated heterocycles. The molecule has 9 aromatic rings. The molecule has 5 heterocycles. The first-order chi connectivity index (χ1) is 27.2. The molecule has 266 valence electrons. The molecule has 0 bridgehead atoms. The van der Waals surface area contributed by atoms with Gasteiger partial charge in [-0.05, 0) is 70.3 Å². The van der Waals surface area contributed by atoms with Crippen molar-refractivity contribution in [2.24, 2.45) is 0 Å². The summed E-state index contributed by atoms with van der Waals surface area (Å²) in [6.07, 6.45) is 8.50. The van der Waals surface area contributed by atoms with Crippen molar-refractivity contribution in [2.75, 3.05) is 10.6 Å². The number of hydrogen-bond donors (Lipinski definition) is 2. The summed E-state index contributed by atoms with van der Waals surface area (Å²) in [7, 11) is 0. The van der Waals surface area contributed by atoms with E-state index in [9.17, 15) is 0 Å². The number of benzene rings is 4. The molecule has 0 saturated carbocycles. The molecule has 0 aliphatic carbocycles. The molecule has 0 aliphatic heterocycles. The predicted octanol–water partition coefficient (Wildman–Crippen LogP) is 9.72. The normalized spacial score (nSPS) is 10.8. The van der Waals surface area contributed by atoms with Gasteiger partial charge in [0, 0.05) is 24.8 Å². The van der Waals surface area contributed by atoms with Crippen molar-refractivity contribution in [3.63, 3.8) is 0 Å².